The molecule has 0 radical (unpaired) electrons. The van der Waals surface area contributed by atoms with Crippen LogP contribution in [-0.2, 0) is 17.9 Å². The van der Waals surface area contributed by atoms with E-state index in [9.17, 15) is 13.2 Å². The molecule has 21 heavy (non-hydrogen) atoms. The van der Waals surface area contributed by atoms with Crippen LogP contribution in [0.3, 0.4) is 0 Å². The maximum atomic E-state index is 12.1. The monoisotopic (exact) mass is 301 g/mol. The lowest BCUT2D eigenvalue weighted by Crippen LogP contribution is -2.14. The number of benzene rings is 1. The molecule has 6 heteroatoms. The fourth-order valence-corrected chi connectivity index (χ4v) is 2.05. The maximum absolute atomic E-state index is 12.1. The van der Waals surface area contributed by atoms with E-state index in [0.29, 0.717) is 12.3 Å². The van der Waals surface area contributed by atoms with Crippen molar-refractivity contribution >= 4 is 11.0 Å². The average Bonchev–Trinajstić information content (AvgIpc) is 2.78. The third-order valence-corrected chi connectivity index (χ3v) is 3.09. The summed E-state index contributed by atoms with van der Waals surface area (Å²) in [5, 5.41) is 4.04. The molecule has 0 spiro atoms. The molecule has 1 N–H and O–H groups in total. The Hall–Kier alpha value is -1.53. The molecule has 0 saturated heterocycles. The SMILES string of the molecule is CCNCc1oc2ccccc2c1COCCC(F)(F)F. The third-order valence-electron chi connectivity index (χ3n) is 3.09. The molecule has 3 nitrogen and oxygen atoms in total. The van der Waals surface area contributed by atoms with Crippen LogP contribution in [0.4, 0.5) is 13.2 Å². The van der Waals surface area contributed by atoms with E-state index in [1.165, 1.54) is 0 Å². The van der Waals surface area contributed by atoms with Gasteiger partial charge in [0.25, 0.3) is 0 Å². The molecule has 0 bridgehead atoms. The highest BCUT2D eigenvalue weighted by Crippen LogP contribution is 2.27. The molecule has 2 rings (SSSR count). The number of halogens is 3. The van der Waals surface area contributed by atoms with E-state index in [1.54, 1.807) is 0 Å². The lowest BCUT2D eigenvalue weighted by Gasteiger charge is -2.08. The highest BCUT2D eigenvalue weighted by atomic mass is 19.4. The molecule has 2 aromatic rings. The molecule has 0 aliphatic carbocycles. The molecular formula is C15H18F3NO2. The van der Waals surface area contributed by atoms with Crippen molar-refractivity contribution < 1.29 is 22.3 Å². The summed E-state index contributed by atoms with van der Waals surface area (Å²) in [4.78, 5) is 0. The highest BCUT2D eigenvalue weighted by molar-refractivity contribution is 5.82. The Labute approximate surface area is 121 Å². The van der Waals surface area contributed by atoms with Crippen LogP contribution < -0.4 is 5.32 Å². The molecule has 0 aliphatic heterocycles. The van der Waals surface area contributed by atoms with Crippen molar-refractivity contribution in [3.8, 4) is 0 Å². The lowest BCUT2D eigenvalue weighted by molar-refractivity contribution is -0.146. The minimum atomic E-state index is -4.19. The van der Waals surface area contributed by atoms with Gasteiger partial charge in [-0.3, -0.25) is 0 Å². The number of furan rings is 1. The topological polar surface area (TPSA) is 34.4 Å². The number of nitrogens with one attached hydrogen (secondary N) is 1. The van der Waals surface area contributed by atoms with Crippen LogP contribution >= 0.6 is 0 Å². The quantitative estimate of drug-likeness (QED) is 0.785. The zero-order valence-electron chi connectivity index (χ0n) is 11.8. The van der Waals surface area contributed by atoms with Crippen LogP contribution in [0, 0.1) is 0 Å². The summed E-state index contributed by atoms with van der Waals surface area (Å²) in [5.74, 6) is 0.713. The Morgan fingerprint density at radius 1 is 1.24 bits per heavy atom. The summed E-state index contributed by atoms with van der Waals surface area (Å²) in [6, 6.07) is 7.45. The van der Waals surface area contributed by atoms with Gasteiger partial charge < -0.3 is 14.5 Å². The first-order valence-corrected chi connectivity index (χ1v) is 6.85. The number of hydrogen-bond donors (Lipinski definition) is 1. The smallest absolute Gasteiger partial charge is 0.391 e. The van der Waals surface area contributed by atoms with Gasteiger partial charge in [-0.15, -0.1) is 0 Å². The Balaban J connectivity index is 2.08. The summed E-state index contributed by atoms with van der Waals surface area (Å²) in [6.45, 7) is 3.06. The third kappa shape index (κ3) is 4.47. The molecule has 0 amide bonds. The Bertz CT molecular complexity index is 578. The Kier molecular flexibility index (Phi) is 5.25. The van der Waals surface area contributed by atoms with Crippen LogP contribution in [0.1, 0.15) is 24.7 Å². The van der Waals surface area contributed by atoms with E-state index < -0.39 is 12.6 Å². The number of alkyl halides is 3. The van der Waals surface area contributed by atoms with E-state index in [1.807, 2.05) is 31.2 Å². The molecule has 0 aliphatic rings. The van der Waals surface area contributed by atoms with Gasteiger partial charge in [0.15, 0.2) is 0 Å². The van der Waals surface area contributed by atoms with Crippen LogP contribution in [0.5, 0.6) is 0 Å². The van der Waals surface area contributed by atoms with Crippen molar-refractivity contribution in [1.29, 1.82) is 0 Å². The zero-order chi connectivity index (χ0) is 15.3. The second-order valence-corrected chi connectivity index (χ2v) is 4.70. The van der Waals surface area contributed by atoms with Gasteiger partial charge >= 0.3 is 6.18 Å². The normalized spacial score (nSPS) is 12.2. The van der Waals surface area contributed by atoms with Crippen molar-refractivity contribution in [1.82, 2.24) is 5.32 Å². The first-order chi connectivity index (χ1) is 10.0. The van der Waals surface area contributed by atoms with Crippen molar-refractivity contribution in [3.63, 3.8) is 0 Å². The average molecular weight is 301 g/mol. The van der Waals surface area contributed by atoms with Gasteiger partial charge in [-0.25, -0.2) is 0 Å². The van der Waals surface area contributed by atoms with Crippen molar-refractivity contribution in [3.05, 3.63) is 35.6 Å². The summed E-state index contributed by atoms with van der Waals surface area (Å²) < 4.78 is 47.2. The first-order valence-electron chi connectivity index (χ1n) is 6.85. The summed E-state index contributed by atoms with van der Waals surface area (Å²) in [6.07, 6.45) is -5.13. The molecule has 116 valence electrons. The fourth-order valence-electron chi connectivity index (χ4n) is 2.05. The molecule has 0 unspecified atom stereocenters. The molecular weight excluding hydrogens is 283 g/mol. The van der Waals surface area contributed by atoms with Gasteiger partial charge in [0.05, 0.1) is 26.2 Å². The van der Waals surface area contributed by atoms with Crippen LogP contribution in [0.25, 0.3) is 11.0 Å². The Morgan fingerprint density at radius 2 is 2.00 bits per heavy atom. The summed E-state index contributed by atoms with van der Waals surface area (Å²) in [7, 11) is 0. The minimum absolute atomic E-state index is 0.119. The van der Waals surface area contributed by atoms with Gasteiger partial charge in [0, 0.05) is 10.9 Å². The summed E-state index contributed by atoms with van der Waals surface area (Å²) >= 11 is 0. The predicted molar refractivity (Wildman–Crippen MR) is 73.9 cm³/mol. The molecule has 1 aromatic carbocycles. The molecule has 0 saturated carbocycles. The predicted octanol–water partition coefficient (Wildman–Crippen LogP) is 4.01. The fraction of sp³-hybridized carbons (Fsp3) is 0.467. The number of ether oxygens (including phenoxy) is 1. The van der Waals surface area contributed by atoms with E-state index in [2.05, 4.69) is 5.32 Å². The first kappa shape index (κ1) is 15.9. The molecule has 0 atom stereocenters. The van der Waals surface area contributed by atoms with Gasteiger partial charge in [0.2, 0.25) is 0 Å². The zero-order valence-corrected chi connectivity index (χ0v) is 11.8. The lowest BCUT2D eigenvalue weighted by atomic mass is 10.1. The largest absolute Gasteiger partial charge is 0.459 e. The highest BCUT2D eigenvalue weighted by Gasteiger charge is 2.26. The number of para-hydroxylation sites is 1. The number of fused-ring (bicyclic) bond motifs is 1. The van der Waals surface area contributed by atoms with Crippen molar-refractivity contribution in [2.75, 3.05) is 13.2 Å². The van der Waals surface area contributed by atoms with E-state index in [-0.39, 0.29) is 13.2 Å². The van der Waals surface area contributed by atoms with Gasteiger partial charge in [-0.1, -0.05) is 25.1 Å². The maximum Gasteiger partial charge on any atom is 0.391 e. The van der Waals surface area contributed by atoms with E-state index in [0.717, 1.165) is 23.1 Å². The van der Waals surface area contributed by atoms with Gasteiger partial charge in [-0.05, 0) is 12.6 Å². The number of hydrogen-bond acceptors (Lipinski definition) is 3. The van der Waals surface area contributed by atoms with Crippen LogP contribution in [0.2, 0.25) is 0 Å². The summed E-state index contributed by atoms with van der Waals surface area (Å²) in [5.41, 5.74) is 1.54. The van der Waals surface area contributed by atoms with Crippen molar-refractivity contribution in [2.45, 2.75) is 32.7 Å². The second kappa shape index (κ2) is 6.95. The minimum Gasteiger partial charge on any atom is -0.459 e. The van der Waals surface area contributed by atoms with E-state index >= 15 is 0 Å². The van der Waals surface area contributed by atoms with Crippen LogP contribution in [0.15, 0.2) is 28.7 Å². The second-order valence-electron chi connectivity index (χ2n) is 4.70. The standard InChI is InChI=1S/C15H18F3NO2/c1-2-19-9-14-12(10-20-8-7-15(16,17)18)11-5-3-4-6-13(11)21-14/h3-6,19H,2,7-10H2,1H3. The van der Waals surface area contributed by atoms with Gasteiger partial charge in [-0.2, -0.15) is 13.2 Å². The molecule has 0 fully saturated rings. The van der Waals surface area contributed by atoms with E-state index in [4.69, 9.17) is 9.15 Å². The van der Waals surface area contributed by atoms with Crippen molar-refractivity contribution in [2.24, 2.45) is 0 Å². The molecule has 1 heterocycles. The van der Waals surface area contributed by atoms with Gasteiger partial charge in [0.1, 0.15) is 11.3 Å². The number of rotatable bonds is 7. The van der Waals surface area contributed by atoms with Crippen LogP contribution in [-0.4, -0.2) is 19.3 Å². The Morgan fingerprint density at radius 3 is 2.71 bits per heavy atom. The molecule has 1 aromatic heterocycles.